The number of hydrogen-bond acceptors (Lipinski definition) is 3. The van der Waals surface area contributed by atoms with Crippen LogP contribution in [0.25, 0.3) is 0 Å². The Balaban J connectivity index is 2.81. The highest BCUT2D eigenvalue weighted by molar-refractivity contribution is 7.53. The van der Waals surface area contributed by atoms with Crippen LogP contribution in [0.5, 0.6) is 0 Å². The van der Waals surface area contributed by atoms with Crippen molar-refractivity contribution in [3.05, 3.63) is 0 Å². The van der Waals surface area contributed by atoms with Gasteiger partial charge in [-0.3, -0.25) is 4.57 Å². The monoisotopic (exact) mass is 248 g/mol. The van der Waals surface area contributed by atoms with Crippen molar-refractivity contribution in [1.82, 2.24) is 0 Å². The molecule has 2 atom stereocenters. The third kappa shape index (κ3) is 3.58. The molecule has 0 aliphatic carbocycles. The number of hydrogen-bond donors (Lipinski definition) is 0. The Morgan fingerprint density at radius 3 is 1.69 bits per heavy atom. The summed E-state index contributed by atoms with van der Waals surface area (Å²) in [6.45, 7) is 10.3. The van der Waals surface area contributed by atoms with Crippen LogP contribution in [0.3, 0.4) is 0 Å². The van der Waals surface area contributed by atoms with Crippen molar-refractivity contribution in [3.8, 4) is 0 Å². The normalized spacial score (nSPS) is 30.7. The van der Waals surface area contributed by atoms with Crippen molar-refractivity contribution in [1.29, 1.82) is 0 Å². The summed E-state index contributed by atoms with van der Waals surface area (Å²) in [7, 11) is -2.86. The molecule has 0 aromatic heterocycles. The van der Waals surface area contributed by atoms with Gasteiger partial charge in [-0.1, -0.05) is 34.6 Å². The van der Waals surface area contributed by atoms with Gasteiger partial charge in [0.05, 0.1) is 12.2 Å². The average molecular weight is 248 g/mol. The van der Waals surface area contributed by atoms with E-state index in [4.69, 9.17) is 9.05 Å². The van der Waals surface area contributed by atoms with Gasteiger partial charge in [0, 0.05) is 6.16 Å². The van der Waals surface area contributed by atoms with Crippen LogP contribution in [0.2, 0.25) is 0 Å². The Morgan fingerprint density at radius 2 is 1.44 bits per heavy atom. The molecule has 0 unspecified atom stereocenters. The molecule has 0 saturated carbocycles. The van der Waals surface area contributed by atoms with Crippen molar-refractivity contribution >= 4 is 7.60 Å². The first-order valence-electron chi connectivity index (χ1n) is 6.34. The Kier molecular flexibility index (Phi) is 5.03. The van der Waals surface area contributed by atoms with Crippen LogP contribution in [0.4, 0.5) is 0 Å². The molecule has 0 spiro atoms. The van der Waals surface area contributed by atoms with Crippen molar-refractivity contribution in [2.75, 3.05) is 6.16 Å². The van der Waals surface area contributed by atoms with Crippen LogP contribution in [0, 0.1) is 11.8 Å². The Bertz CT molecular complexity index is 241. The third-order valence-electron chi connectivity index (χ3n) is 3.20. The van der Waals surface area contributed by atoms with Gasteiger partial charge >= 0.3 is 7.60 Å². The van der Waals surface area contributed by atoms with Gasteiger partial charge in [0.15, 0.2) is 0 Å². The maximum Gasteiger partial charge on any atom is 0.330 e. The predicted molar refractivity (Wildman–Crippen MR) is 66.8 cm³/mol. The van der Waals surface area contributed by atoms with E-state index in [-0.39, 0.29) is 12.2 Å². The molecule has 0 radical (unpaired) electrons. The van der Waals surface area contributed by atoms with Crippen molar-refractivity contribution in [3.63, 3.8) is 0 Å². The lowest BCUT2D eigenvalue weighted by Gasteiger charge is -2.24. The largest absolute Gasteiger partial charge is 0.330 e. The lowest BCUT2D eigenvalue weighted by molar-refractivity contribution is 0.115. The lowest BCUT2D eigenvalue weighted by atomic mass is 9.96. The minimum absolute atomic E-state index is 0.0783. The standard InChI is InChI=1S/C12H25O3P/c1-6-16(13)14-11(9(2)3)7-8-12(15-16)10(4)5/h9-12H,6-8H2,1-5H3/t11-,12-/m0/s1. The van der Waals surface area contributed by atoms with E-state index >= 15 is 0 Å². The van der Waals surface area contributed by atoms with Gasteiger partial charge < -0.3 is 9.05 Å². The minimum atomic E-state index is -2.86. The zero-order valence-corrected chi connectivity index (χ0v) is 12.0. The molecule has 0 aromatic carbocycles. The highest BCUT2D eigenvalue weighted by Gasteiger charge is 2.36. The van der Waals surface area contributed by atoms with E-state index in [1.54, 1.807) is 0 Å². The summed E-state index contributed by atoms with van der Waals surface area (Å²) in [5, 5.41) is 0. The molecular formula is C12H25O3P. The van der Waals surface area contributed by atoms with Crippen LogP contribution in [0.15, 0.2) is 0 Å². The van der Waals surface area contributed by atoms with Crippen molar-refractivity contribution in [2.45, 2.75) is 59.7 Å². The predicted octanol–water partition coefficient (Wildman–Crippen LogP) is 4.08. The fourth-order valence-electron chi connectivity index (χ4n) is 1.93. The second kappa shape index (κ2) is 5.66. The highest BCUT2D eigenvalue weighted by atomic mass is 31.2. The summed E-state index contributed by atoms with van der Waals surface area (Å²) < 4.78 is 23.9. The highest BCUT2D eigenvalue weighted by Crippen LogP contribution is 2.54. The molecule has 1 heterocycles. The topological polar surface area (TPSA) is 35.5 Å². The number of rotatable bonds is 3. The zero-order valence-electron chi connectivity index (χ0n) is 11.1. The molecule has 1 rings (SSSR count). The van der Waals surface area contributed by atoms with Gasteiger partial charge in [-0.15, -0.1) is 0 Å². The molecule has 96 valence electrons. The Morgan fingerprint density at radius 1 is 1.06 bits per heavy atom. The van der Waals surface area contributed by atoms with Crippen LogP contribution in [-0.4, -0.2) is 18.4 Å². The molecule has 1 aliphatic rings. The SMILES string of the molecule is CCP1(=O)O[C@H](C(C)C)CC[C@@H](C(C)C)O1. The zero-order chi connectivity index (χ0) is 12.3. The maximum atomic E-state index is 12.4. The second-order valence-electron chi connectivity index (χ2n) is 5.28. The van der Waals surface area contributed by atoms with Crippen molar-refractivity contribution in [2.24, 2.45) is 11.8 Å². The quantitative estimate of drug-likeness (QED) is 0.706. The second-order valence-corrected chi connectivity index (χ2v) is 7.56. The van der Waals surface area contributed by atoms with Gasteiger partial charge in [0.2, 0.25) is 0 Å². The first-order valence-corrected chi connectivity index (χ1v) is 8.06. The van der Waals surface area contributed by atoms with E-state index < -0.39 is 7.60 Å². The molecule has 0 amide bonds. The molecule has 1 aliphatic heterocycles. The van der Waals surface area contributed by atoms with Gasteiger partial charge in [0.1, 0.15) is 0 Å². The van der Waals surface area contributed by atoms with Gasteiger partial charge in [0.25, 0.3) is 0 Å². The molecule has 16 heavy (non-hydrogen) atoms. The fourth-order valence-corrected chi connectivity index (χ4v) is 3.80. The summed E-state index contributed by atoms with van der Waals surface area (Å²) in [6, 6.07) is 0. The summed E-state index contributed by atoms with van der Waals surface area (Å²) in [5.74, 6) is 0.795. The minimum Gasteiger partial charge on any atom is -0.305 e. The fraction of sp³-hybridized carbons (Fsp3) is 1.00. The van der Waals surface area contributed by atoms with Crippen LogP contribution in [0.1, 0.15) is 47.5 Å². The summed E-state index contributed by atoms with van der Waals surface area (Å²) in [6.07, 6.45) is 2.53. The van der Waals surface area contributed by atoms with E-state index in [2.05, 4.69) is 27.7 Å². The molecule has 1 fully saturated rings. The van der Waals surface area contributed by atoms with Gasteiger partial charge in [-0.25, -0.2) is 0 Å². The van der Waals surface area contributed by atoms with E-state index in [0.29, 0.717) is 18.0 Å². The van der Waals surface area contributed by atoms with E-state index in [0.717, 1.165) is 12.8 Å². The summed E-state index contributed by atoms with van der Waals surface area (Å²) in [4.78, 5) is 0. The first kappa shape index (κ1) is 14.2. The molecule has 1 saturated heterocycles. The Hall–Kier alpha value is 0.150. The van der Waals surface area contributed by atoms with E-state index in [1.807, 2.05) is 6.92 Å². The summed E-state index contributed by atoms with van der Waals surface area (Å²) in [5.41, 5.74) is 0. The molecule has 3 nitrogen and oxygen atoms in total. The smallest absolute Gasteiger partial charge is 0.305 e. The van der Waals surface area contributed by atoms with Gasteiger partial charge in [-0.05, 0) is 24.7 Å². The van der Waals surface area contributed by atoms with Gasteiger partial charge in [-0.2, -0.15) is 0 Å². The third-order valence-corrected chi connectivity index (χ3v) is 5.16. The summed E-state index contributed by atoms with van der Waals surface area (Å²) >= 11 is 0. The molecule has 4 heteroatoms. The van der Waals surface area contributed by atoms with E-state index in [9.17, 15) is 4.57 Å². The van der Waals surface area contributed by atoms with Crippen molar-refractivity contribution < 1.29 is 13.6 Å². The van der Waals surface area contributed by atoms with E-state index in [1.165, 1.54) is 0 Å². The van der Waals surface area contributed by atoms with Crippen LogP contribution >= 0.6 is 7.60 Å². The van der Waals surface area contributed by atoms with Crippen LogP contribution in [-0.2, 0) is 13.6 Å². The Labute approximate surface area is 99.4 Å². The van der Waals surface area contributed by atoms with Crippen LogP contribution < -0.4 is 0 Å². The molecule has 0 aromatic rings. The lowest BCUT2D eigenvalue weighted by Crippen LogP contribution is -2.18. The average Bonchev–Trinajstić information content (AvgIpc) is 2.38. The molecule has 0 N–H and O–H groups in total. The molecule has 0 bridgehead atoms. The maximum absolute atomic E-state index is 12.4. The first-order chi connectivity index (χ1) is 7.38. The molecular weight excluding hydrogens is 223 g/mol.